The molecule has 2 heterocycles. The Balaban J connectivity index is 1.44. The lowest BCUT2D eigenvalue weighted by molar-refractivity contribution is -0.895. The van der Waals surface area contributed by atoms with Crippen LogP contribution in [0.15, 0.2) is 41.1 Å². The number of nitrogens with one attached hydrogen (secondary N) is 2. The van der Waals surface area contributed by atoms with Gasteiger partial charge >= 0.3 is 0 Å². The number of amides is 2. The first-order valence-electron chi connectivity index (χ1n) is 9.16. The molecule has 0 radical (unpaired) electrons. The number of quaternary nitrogens is 1. The SMILES string of the molecule is CCc1ccccc1NC(=O)C[NH+]1CCN(C(=O)Cc2ccsc2)CC1. The fourth-order valence-corrected chi connectivity index (χ4v) is 3.97. The number of hydrogen-bond acceptors (Lipinski definition) is 3. The zero-order valence-corrected chi connectivity index (χ0v) is 16.0. The second kappa shape index (κ2) is 8.96. The van der Waals surface area contributed by atoms with Gasteiger partial charge in [0.25, 0.3) is 5.91 Å². The predicted molar refractivity (Wildman–Crippen MR) is 105 cm³/mol. The quantitative estimate of drug-likeness (QED) is 0.801. The molecule has 1 saturated heterocycles. The molecule has 1 aliphatic heterocycles. The van der Waals surface area contributed by atoms with E-state index >= 15 is 0 Å². The Morgan fingerprint density at radius 2 is 1.96 bits per heavy atom. The van der Waals surface area contributed by atoms with E-state index in [9.17, 15) is 9.59 Å². The molecule has 138 valence electrons. The summed E-state index contributed by atoms with van der Waals surface area (Å²) in [6.07, 6.45) is 1.38. The van der Waals surface area contributed by atoms with Crippen molar-refractivity contribution in [2.24, 2.45) is 0 Å². The highest BCUT2D eigenvalue weighted by molar-refractivity contribution is 7.08. The van der Waals surface area contributed by atoms with E-state index in [4.69, 9.17) is 0 Å². The largest absolute Gasteiger partial charge is 0.331 e. The van der Waals surface area contributed by atoms with Crippen LogP contribution in [0.3, 0.4) is 0 Å². The molecule has 1 aromatic heterocycles. The van der Waals surface area contributed by atoms with Crippen LogP contribution in [-0.4, -0.2) is 49.4 Å². The predicted octanol–water partition coefficient (Wildman–Crippen LogP) is 1.22. The first-order chi connectivity index (χ1) is 12.7. The van der Waals surface area contributed by atoms with Crippen LogP contribution < -0.4 is 10.2 Å². The van der Waals surface area contributed by atoms with Crippen LogP contribution in [0.5, 0.6) is 0 Å². The van der Waals surface area contributed by atoms with Crippen molar-refractivity contribution in [1.82, 2.24) is 4.90 Å². The minimum Gasteiger partial charge on any atom is -0.331 e. The molecule has 3 rings (SSSR count). The van der Waals surface area contributed by atoms with Gasteiger partial charge in [0.1, 0.15) is 0 Å². The highest BCUT2D eigenvalue weighted by Crippen LogP contribution is 2.14. The Labute approximate surface area is 158 Å². The first-order valence-corrected chi connectivity index (χ1v) is 10.1. The summed E-state index contributed by atoms with van der Waals surface area (Å²) in [5.41, 5.74) is 3.15. The lowest BCUT2D eigenvalue weighted by Crippen LogP contribution is -3.15. The van der Waals surface area contributed by atoms with Crippen LogP contribution in [0, 0.1) is 0 Å². The number of benzene rings is 1. The normalized spacial score (nSPS) is 15.0. The van der Waals surface area contributed by atoms with Gasteiger partial charge in [-0.05, 0) is 40.4 Å². The van der Waals surface area contributed by atoms with Gasteiger partial charge in [-0.3, -0.25) is 9.59 Å². The van der Waals surface area contributed by atoms with Crippen LogP contribution in [0.25, 0.3) is 0 Å². The van der Waals surface area contributed by atoms with Gasteiger partial charge in [0.2, 0.25) is 5.91 Å². The molecule has 1 aliphatic rings. The Bertz CT molecular complexity index is 737. The van der Waals surface area contributed by atoms with Crippen molar-refractivity contribution < 1.29 is 14.5 Å². The minimum absolute atomic E-state index is 0.0407. The summed E-state index contributed by atoms with van der Waals surface area (Å²) >= 11 is 1.62. The molecule has 0 atom stereocenters. The van der Waals surface area contributed by atoms with Gasteiger partial charge in [0.05, 0.1) is 32.6 Å². The van der Waals surface area contributed by atoms with Crippen LogP contribution in [0.4, 0.5) is 5.69 Å². The van der Waals surface area contributed by atoms with E-state index < -0.39 is 0 Å². The third-order valence-electron chi connectivity index (χ3n) is 4.84. The topological polar surface area (TPSA) is 53.9 Å². The highest BCUT2D eigenvalue weighted by atomic mass is 32.1. The van der Waals surface area contributed by atoms with E-state index in [0.717, 1.165) is 49.4 Å². The molecule has 1 aromatic carbocycles. The van der Waals surface area contributed by atoms with Crippen molar-refractivity contribution in [3.63, 3.8) is 0 Å². The fourth-order valence-electron chi connectivity index (χ4n) is 3.30. The maximum absolute atomic E-state index is 12.4. The highest BCUT2D eigenvalue weighted by Gasteiger charge is 2.25. The zero-order valence-electron chi connectivity index (χ0n) is 15.2. The number of hydrogen-bond donors (Lipinski definition) is 2. The molecular formula is C20H26N3O2S+. The van der Waals surface area contributed by atoms with Crippen molar-refractivity contribution in [2.45, 2.75) is 19.8 Å². The summed E-state index contributed by atoms with van der Waals surface area (Å²) in [6, 6.07) is 9.93. The Morgan fingerprint density at radius 3 is 2.65 bits per heavy atom. The molecule has 6 heteroatoms. The van der Waals surface area contributed by atoms with Crippen LogP contribution >= 0.6 is 11.3 Å². The summed E-state index contributed by atoms with van der Waals surface area (Å²) < 4.78 is 0. The second-order valence-corrected chi connectivity index (χ2v) is 7.45. The van der Waals surface area contributed by atoms with Crippen LogP contribution in [0.1, 0.15) is 18.1 Å². The van der Waals surface area contributed by atoms with Crippen molar-refractivity contribution in [3.05, 3.63) is 52.2 Å². The van der Waals surface area contributed by atoms with Gasteiger partial charge in [0.15, 0.2) is 6.54 Å². The third kappa shape index (κ3) is 4.93. The monoisotopic (exact) mass is 372 g/mol. The number of carbonyl (C=O) groups is 2. The second-order valence-electron chi connectivity index (χ2n) is 6.67. The maximum Gasteiger partial charge on any atom is 0.279 e. The number of thiophene rings is 1. The van der Waals surface area contributed by atoms with E-state index in [1.54, 1.807) is 11.3 Å². The van der Waals surface area contributed by atoms with Crippen molar-refractivity contribution in [2.75, 3.05) is 38.0 Å². The average Bonchev–Trinajstić information content (AvgIpc) is 3.15. The lowest BCUT2D eigenvalue weighted by atomic mass is 10.1. The number of aryl methyl sites for hydroxylation is 1. The zero-order chi connectivity index (χ0) is 18.4. The van der Waals surface area contributed by atoms with Crippen molar-refractivity contribution in [3.8, 4) is 0 Å². The number of nitrogens with zero attached hydrogens (tertiary/aromatic N) is 1. The Kier molecular flexibility index (Phi) is 6.41. The standard InChI is InChI=1S/C20H25N3O2S/c1-2-17-5-3-4-6-18(17)21-19(24)14-22-8-10-23(11-9-22)20(25)13-16-7-12-26-15-16/h3-7,12,15H,2,8-11,13-14H2,1H3,(H,21,24)/p+1. The third-order valence-corrected chi connectivity index (χ3v) is 5.57. The maximum atomic E-state index is 12.4. The van der Waals surface area contributed by atoms with Gasteiger partial charge in [-0.25, -0.2) is 0 Å². The molecule has 0 saturated carbocycles. The number of piperazine rings is 1. The average molecular weight is 373 g/mol. The number of carbonyl (C=O) groups excluding carboxylic acids is 2. The first kappa shape index (κ1) is 18.6. The van der Waals surface area contributed by atoms with E-state index in [1.165, 1.54) is 4.90 Å². The molecule has 26 heavy (non-hydrogen) atoms. The van der Waals surface area contributed by atoms with E-state index in [1.807, 2.05) is 46.0 Å². The Hall–Kier alpha value is -2.18. The number of anilines is 1. The van der Waals surface area contributed by atoms with E-state index in [-0.39, 0.29) is 11.8 Å². The number of para-hydroxylation sites is 1. The van der Waals surface area contributed by atoms with Crippen molar-refractivity contribution >= 4 is 28.8 Å². The van der Waals surface area contributed by atoms with E-state index in [0.29, 0.717) is 13.0 Å². The molecule has 2 aromatic rings. The van der Waals surface area contributed by atoms with Gasteiger partial charge in [0, 0.05) is 5.69 Å². The smallest absolute Gasteiger partial charge is 0.279 e. The molecule has 0 spiro atoms. The molecule has 2 N–H and O–H groups in total. The molecular weight excluding hydrogens is 346 g/mol. The van der Waals surface area contributed by atoms with Crippen molar-refractivity contribution in [1.29, 1.82) is 0 Å². The summed E-state index contributed by atoms with van der Waals surface area (Å²) in [6.45, 7) is 5.61. The molecule has 0 bridgehead atoms. The van der Waals surface area contributed by atoms with Crippen LogP contribution in [0.2, 0.25) is 0 Å². The molecule has 2 amide bonds. The fraction of sp³-hybridized carbons (Fsp3) is 0.400. The summed E-state index contributed by atoms with van der Waals surface area (Å²) in [5, 5.41) is 7.06. The Morgan fingerprint density at radius 1 is 1.19 bits per heavy atom. The lowest BCUT2D eigenvalue weighted by Gasteiger charge is -2.32. The van der Waals surface area contributed by atoms with Gasteiger partial charge < -0.3 is 15.1 Å². The molecule has 1 fully saturated rings. The minimum atomic E-state index is 0.0407. The van der Waals surface area contributed by atoms with Crippen LogP contribution in [-0.2, 0) is 22.4 Å². The van der Waals surface area contributed by atoms with Gasteiger partial charge in [-0.1, -0.05) is 25.1 Å². The molecule has 0 unspecified atom stereocenters. The van der Waals surface area contributed by atoms with Gasteiger partial charge in [-0.15, -0.1) is 0 Å². The molecule has 5 nitrogen and oxygen atoms in total. The van der Waals surface area contributed by atoms with Gasteiger partial charge in [-0.2, -0.15) is 11.3 Å². The van der Waals surface area contributed by atoms with E-state index in [2.05, 4.69) is 12.2 Å². The number of rotatable bonds is 6. The summed E-state index contributed by atoms with van der Waals surface area (Å²) in [7, 11) is 0. The summed E-state index contributed by atoms with van der Waals surface area (Å²) in [5.74, 6) is 0.225. The summed E-state index contributed by atoms with van der Waals surface area (Å²) in [4.78, 5) is 27.9. The molecule has 0 aliphatic carbocycles.